The Hall–Kier alpha value is -3.21. The van der Waals surface area contributed by atoms with E-state index in [0.717, 1.165) is 16.3 Å². The second kappa shape index (κ2) is 7.80. The summed E-state index contributed by atoms with van der Waals surface area (Å²) in [4.78, 5) is 26.5. The summed E-state index contributed by atoms with van der Waals surface area (Å²) in [5.74, 6) is -0.271. The van der Waals surface area contributed by atoms with Gasteiger partial charge in [-0.05, 0) is 40.6 Å². The maximum atomic E-state index is 13.0. The Labute approximate surface area is 163 Å². The number of carbonyl (C=O) groups is 2. The maximum absolute atomic E-state index is 13.0. The van der Waals surface area contributed by atoms with E-state index >= 15 is 0 Å². The largest absolute Gasteiger partial charge is 0.352 e. The third-order valence-corrected chi connectivity index (χ3v) is 5.14. The highest BCUT2D eigenvalue weighted by atomic mass is 19.1. The molecule has 4 rings (SSSR count). The Bertz CT molecular complexity index is 1020. The molecule has 1 unspecified atom stereocenters. The summed E-state index contributed by atoms with van der Waals surface area (Å²) in [5.41, 5.74) is 1.52. The van der Waals surface area contributed by atoms with E-state index in [4.69, 9.17) is 0 Å². The van der Waals surface area contributed by atoms with E-state index in [1.807, 2.05) is 42.5 Å². The van der Waals surface area contributed by atoms with Gasteiger partial charge >= 0.3 is 0 Å². The second-order valence-electron chi connectivity index (χ2n) is 7.24. The van der Waals surface area contributed by atoms with Crippen LogP contribution in [0.2, 0.25) is 0 Å². The summed E-state index contributed by atoms with van der Waals surface area (Å²) < 4.78 is 13.0. The molecule has 3 aromatic carbocycles. The molecule has 1 aliphatic heterocycles. The molecule has 1 heterocycles. The highest BCUT2D eigenvalue weighted by molar-refractivity contribution is 5.98. The molecular weight excluding hydrogens is 355 g/mol. The fourth-order valence-corrected chi connectivity index (χ4v) is 3.62. The van der Waals surface area contributed by atoms with Crippen molar-refractivity contribution in [3.63, 3.8) is 0 Å². The summed E-state index contributed by atoms with van der Waals surface area (Å²) >= 11 is 0. The van der Waals surface area contributed by atoms with Gasteiger partial charge in [-0.3, -0.25) is 9.59 Å². The Morgan fingerprint density at radius 3 is 2.57 bits per heavy atom. The lowest BCUT2D eigenvalue weighted by Crippen LogP contribution is -2.31. The summed E-state index contributed by atoms with van der Waals surface area (Å²) in [6, 6.07) is 19.7. The lowest BCUT2D eigenvalue weighted by atomic mass is 10.1. The minimum Gasteiger partial charge on any atom is -0.352 e. The minimum absolute atomic E-state index is 0.0641. The van der Waals surface area contributed by atoms with Gasteiger partial charge in [0.1, 0.15) is 5.82 Å². The highest BCUT2D eigenvalue weighted by Crippen LogP contribution is 2.20. The zero-order valence-corrected chi connectivity index (χ0v) is 15.4. The van der Waals surface area contributed by atoms with Gasteiger partial charge in [-0.1, -0.05) is 42.5 Å². The average molecular weight is 376 g/mol. The van der Waals surface area contributed by atoms with Crippen LogP contribution in [0.15, 0.2) is 66.7 Å². The molecule has 1 fully saturated rings. The number of halogens is 1. The molecule has 0 radical (unpaired) electrons. The molecular formula is C23H21FN2O2. The van der Waals surface area contributed by atoms with Crippen LogP contribution in [0.5, 0.6) is 0 Å². The standard InChI is InChI=1S/C23H21FN2O2/c24-21-9-5-16(6-10-21)14-26-15-17(11-22(26)27)13-25-23(28)20-8-7-18-3-1-2-4-19(18)12-20/h1-10,12,17H,11,13-15H2,(H,25,28). The predicted octanol–water partition coefficient (Wildman–Crippen LogP) is 3.76. The summed E-state index contributed by atoms with van der Waals surface area (Å²) in [6.07, 6.45) is 0.416. The van der Waals surface area contributed by atoms with Crippen LogP contribution in [0.1, 0.15) is 22.3 Å². The third-order valence-electron chi connectivity index (χ3n) is 5.14. The molecule has 1 saturated heterocycles. The number of nitrogens with zero attached hydrogens (tertiary/aromatic N) is 1. The number of amides is 2. The van der Waals surface area contributed by atoms with Crippen molar-refractivity contribution in [2.45, 2.75) is 13.0 Å². The van der Waals surface area contributed by atoms with Crippen LogP contribution in [0.3, 0.4) is 0 Å². The molecule has 0 saturated carbocycles. The number of rotatable bonds is 5. The molecule has 5 heteroatoms. The SMILES string of the molecule is O=C(NCC1CC(=O)N(Cc2ccc(F)cc2)C1)c1ccc2ccccc2c1. The smallest absolute Gasteiger partial charge is 0.251 e. The molecule has 2 amide bonds. The molecule has 1 N–H and O–H groups in total. The lowest BCUT2D eigenvalue weighted by molar-refractivity contribution is -0.128. The quantitative estimate of drug-likeness (QED) is 0.737. The summed E-state index contributed by atoms with van der Waals surface area (Å²) in [6.45, 7) is 1.51. The van der Waals surface area contributed by atoms with E-state index in [1.165, 1.54) is 12.1 Å². The van der Waals surface area contributed by atoms with E-state index < -0.39 is 0 Å². The third kappa shape index (κ3) is 4.03. The van der Waals surface area contributed by atoms with Gasteiger partial charge in [-0.15, -0.1) is 0 Å². The molecule has 28 heavy (non-hydrogen) atoms. The molecule has 0 aliphatic carbocycles. The zero-order valence-electron chi connectivity index (χ0n) is 15.4. The predicted molar refractivity (Wildman–Crippen MR) is 106 cm³/mol. The fraction of sp³-hybridized carbons (Fsp3) is 0.217. The summed E-state index contributed by atoms with van der Waals surface area (Å²) in [5, 5.41) is 5.07. The number of benzene rings is 3. The molecule has 1 atom stereocenters. The molecule has 0 aromatic heterocycles. The topological polar surface area (TPSA) is 49.4 Å². The van der Waals surface area contributed by atoms with Crippen molar-refractivity contribution in [3.05, 3.63) is 83.7 Å². The van der Waals surface area contributed by atoms with Gasteiger partial charge in [0, 0.05) is 37.5 Å². The van der Waals surface area contributed by atoms with Gasteiger partial charge in [0.2, 0.25) is 5.91 Å². The molecule has 0 spiro atoms. The van der Waals surface area contributed by atoms with Gasteiger partial charge in [0.15, 0.2) is 0 Å². The van der Waals surface area contributed by atoms with Crippen molar-refractivity contribution in [2.75, 3.05) is 13.1 Å². The first-order chi connectivity index (χ1) is 13.6. The van der Waals surface area contributed by atoms with E-state index in [-0.39, 0.29) is 23.5 Å². The average Bonchev–Trinajstić information content (AvgIpc) is 3.06. The first kappa shape index (κ1) is 18.2. The van der Waals surface area contributed by atoms with Gasteiger partial charge in [0.05, 0.1) is 0 Å². The van der Waals surface area contributed by atoms with Crippen molar-refractivity contribution >= 4 is 22.6 Å². The van der Waals surface area contributed by atoms with Crippen molar-refractivity contribution in [1.82, 2.24) is 10.2 Å². The van der Waals surface area contributed by atoms with E-state index in [9.17, 15) is 14.0 Å². The van der Waals surface area contributed by atoms with E-state index in [0.29, 0.717) is 31.6 Å². The fourth-order valence-electron chi connectivity index (χ4n) is 3.62. The van der Waals surface area contributed by atoms with Crippen LogP contribution in [0.4, 0.5) is 4.39 Å². The molecule has 0 bridgehead atoms. The van der Waals surface area contributed by atoms with Crippen LogP contribution < -0.4 is 5.32 Å². The number of hydrogen-bond acceptors (Lipinski definition) is 2. The lowest BCUT2D eigenvalue weighted by Gasteiger charge is -2.17. The van der Waals surface area contributed by atoms with Crippen LogP contribution in [0, 0.1) is 11.7 Å². The molecule has 3 aromatic rings. The van der Waals surface area contributed by atoms with E-state index in [2.05, 4.69) is 5.32 Å². The van der Waals surface area contributed by atoms with Gasteiger partial charge < -0.3 is 10.2 Å². The van der Waals surface area contributed by atoms with Crippen LogP contribution in [-0.2, 0) is 11.3 Å². The van der Waals surface area contributed by atoms with Crippen LogP contribution in [-0.4, -0.2) is 29.8 Å². The monoisotopic (exact) mass is 376 g/mol. The number of carbonyl (C=O) groups excluding carboxylic acids is 2. The van der Waals surface area contributed by atoms with Crippen LogP contribution in [0.25, 0.3) is 10.8 Å². The van der Waals surface area contributed by atoms with Gasteiger partial charge in [0.25, 0.3) is 5.91 Å². The zero-order chi connectivity index (χ0) is 19.5. The molecule has 142 valence electrons. The number of hydrogen-bond donors (Lipinski definition) is 1. The first-order valence-electron chi connectivity index (χ1n) is 9.38. The molecule has 1 aliphatic rings. The maximum Gasteiger partial charge on any atom is 0.251 e. The Morgan fingerprint density at radius 2 is 1.79 bits per heavy atom. The Balaban J connectivity index is 1.33. The Morgan fingerprint density at radius 1 is 1.04 bits per heavy atom. The number of likely N-dealkylation sites (tertiary alicyclic amines) is 1. The van der Waals surface area contributed by atoms with Gasteiger partial charge in [-0.25, -0.2) is 4.39 Å². The molecule has 4 nitrogen and oxygen atoms in total. The normalized spacial score (nSPS) is 16.5. The Kier molecular flexibility index (Phi) is 5.06. The van der Waals surface area contributed by atoms with E-state index in [1.54, 1.807) is 17.0 Å². The van der Waals surface area contributed by atoms with Crippen molar-refractivity contribution in [3.8, 4) is 0 Å². The number of nitrogens with one attached hydrogen (secondary N) is 1. The summed E-state index contributed by atoms with van der Waals surface area (Å²) in [7, 11) is 0. The van der Waals surface area contributed by atoms with Gasteiger partial charge in [-0.2, -0.15) is 0 Å². The minimum atomic E-state index is -0.286. The highest BCUT2D eigenvalue weighted by Gasteiger charge is 2.29. The van der Waals surface area contributed by atoms with Crippen molar-refractivity contribution in [1.29, 1.82) is 0 Å². The second-order valence-corrected chi connectivity index (χ2v) is 7.24. The van der Waals surface area contributed by atoms with Crippen molar-refractivity contribution in [2.24, 2.45) is 5.92 Å². The van der Waals surface area contributed by atoms with Crippen LogP contribution >= 0.6 is 0 Å². The van der Waals surface area contributed by atoms with Crippen molar-refractivity contribution < 1.29 is 14.0 Å². The number of fused-ring (bicyclic) bond motifs is 1. The first-order valence-corrected chi connectivity index (χ1v) is 9.38.